The first kappa shape index (κ1) is 14.3. The molecule has 1 rings (SSSR count). The van der Waals surface area contributed by atoms with E-state index in [1.807, 2.05) is 0 Å². The zero-order valence-corrected chi connectivity index (χ0v) is 9.52. The van der Waals surface area contributed by atoms with Crippen molar-refractivity contribution in [3.05, 3.63) is 35.1 Å². The second-order valence-corrected chi connectivity index (χ2v) is 3.96. The molecule has 0 amide bonds. The fraction of sp³-hybridized carbons (Fsp3) is 0.455. The molecule has 0 bridgehead atoms. The number of aliphatic hydroxyl groups is 1. The maximum absolute atomic E-state index is 13.0. The summed E-state index contributed by atoms with van der Waals surface area (Å²) in [5.41, 5.74) is -1.32. The van der Waals surface area contributed by atoms with Crippen LogP contribution in [0.5, 0.6) is 0 Å². The Morgan fingerprint density at radius 3 is 2.47 bits per heavy atom. The molecule has 0 spiro atoms. The van der Waals surface area contributed by atoms with Gasteiger partial charge in [-0.15, -0.1) is 11.6 Å². The molecule has 0 fully saturated rings. The molecule has 0 aliphatic rings. The van der Waals surface area contributed by atoms with Crippen LogP contribution in [0.1, 0.15) is 30.1 Å². The zero-order valence-electron chi connectivity index (χ0n) is 8.77. The Labute approximate surface area is 101 Å². The summed E-state index contributed by atoms with van der Waals surface area (Å²) in [6, 6.07) is 2.49. The van der Waals surface area contributed by atoms with Crippen molar-refractivity contribution in [3.8, 4) is 0 Å². The van der Waals surface area contributed by atoms with Gasteiger partial charge >= 0.3 is 6.18 Å². The van der Waals surface area contributed by atoms with Crippen LogP contribution in [0.15, 0.2) is 18.2 Å². The number of benzene rings is 1. The van der Waals surface area contributed by atoms with Crippen LogP contribution in [-0.4, -0.2) is 11.0 Å². The standard InChI is InChI=1S/C11H11ClF4O/c12-5-1-2-10(17)7-3-4-9(13)8(6-7)11(14,15)16/h3-4,6,10,17H,1-2,5H2. The van der Waals surface area contributed by atoms with E-state index in [-0.39, 0.29) is 12.0 Å². The van der Waals surface area contributed by atoms with E-state index in [9.17, 15) is 22.7 Å². The number of halogens is 5. The van der Waals surface area contributed by atoms with Crippen LogP contribution in [0.25, 0.3) is 0 Å². The Kier molecular flexibility index (Phi) is 4.77. The molecule has 0 heterocycles. The van der Waals surface area contributed by atoms with E-state index in [2.05, 4.69) is 0 Å². The Morgan fingerprint density at radius 1 is 1.29 bits per heavy atom. The van der Waals surface area contributed by atoms with Crippen molar-refractivity contribution in [1.29, 1.82) is 0 Å². The largest absolute Gasteiger partial charge is 0.419 e. The van der Waals surface area contributed by atoms with Crippen LogP contribution in [-0.2, 0) is 6.18 Å². The van der Waals surface area contributed by atoms with Gasteiger partial charge in [0.05, 0.1) is 11.7 Å². The van der Waals surface area contributed by atoms with Gasteiger partial charge in [0, 0.05) is 5.88 Å². The highest BCUT2D eigenvalue weighted by atomic mass is 35.5. The molecule has 0 aromatic heterocycles. The summed E-state index contributed by atoms with van der Waals surface area (Å²) in [6.45, 7) is 0. The van der Waals surface area contributed by atoms with Gasteiger partial charge in [-0.2, -0.15) is 13.2 Å². The van der Waals surface area contributed by atoms with Crippen molar-refractivity contribution in [3.63, 3.8) is 0 Å². The number of hydrogen-bond acceptors (Lipinski definition) is 1. The molecule has 0 aliphatic heterocycles. The Bertz CT molecular complexity index is 378. The first-order chi connectivity index (χ1) is 7.86. The number of aliphatic hydroxyl groups excluding tert-OH is 1. The van der Waals surface area contributed by atoms with Gasteiger partial charge in [-0.05, 0) is 30.5 Å². The highest BCUT2D eigenvalue weighted by Crippen LogP contribution is 2.33. The summed E-state index contributed by atoms with van der Waals surface area (Å²) in [7, 11) is 0. The molecular weight excluding hydrogens is 260 g/mol. The Balaban J connectivity index is 2.96. The zero-order chi connectivity index (χ0) is 13.1. The molecule has 0 aliphatic carbocycles. The van der Waals surface area contributed by atoms with Gasteiger partial charge in [0.15, 0.2) is 0 Å². The molecule has 1 nitrogen and oxygen atoms in total. The smallest absolute Gasteiger partial charge is 0.388 e. The molecule has 1 N–H and O–H groups in total. The minimum absolute atomic E-state index is 0.0452. The van der Waals surface area contributed by atoms with Crippen molar-refractivity contribution in [1.82, 2.24) is 0 Å². The second-order valence-electron chi connectivity index (χ2n) is 3.58. The molecule has 1 aromatic carbocycles. The summed E-state index contributed by atoms with van der Waals surface area (Å²) in [4.78, 5) is 0. The molecule has 1 unspecified atom stereocenters. The topological polar surface area (TPSA) is 20.2 Å². The van der Waals surface area contributed by atoms with Crippen LogP contribution in [0.4, 0.5) is 17.6 Å². The van der Waals surface area contributed by atoms with Gasteiger partial charge in [-0.25, -0.2) is 4.39 Å². The van der Waals surface area contributed by atoms with Crippen LogP contribution in [0.3, 0.4) is 0 Å². The van der Waals surface area contributed by atoms with Crippen LogP contribution < -0.4 is 0 Å². The van der Waals surface area contributed by atoms with E-state index in [0.29, 0.717) is 24.4 Å². The van der Waals surface area contributed by atoms with Crippen molar-refractivity contribution >= 4 is 11.6 Å². The first-order valence-electron chi connectivity index (χ1n) is 4.97. The van der Waals surface area contributed by atoms with Crippen molar-refractivity contribution in [2.45, 2.75) is 25.1 Å². The Morgan fingerprint density at radius 2 is 1.94 bits per heavy atom. The maximum Gasteiger partial charge on any atom is 0.419 e. The third kappa shape index (κ3) is 3.85. The lowest BCUT2D eigenvalue weighted by Crippen LogP contribution is -2.10. The van der Waals surface area contributed by atoms with Crippen molar-refractivity contribution < 1.29 is 22.7 Å². The van der Waals surface area contributed by atoms with E-state index in [4.69, 9.17) is 11.6 Å². The van der Waals surface area contributed by atoms with Crippen molar-refractivity contribution in [2.75, 3.05) is 5.88 Å². The highest BCUT2D eigenvalue weighted by Gasteiger charge is 2.34. The van der Waals surface area contributed by atoms with Gasteiger partial charge in [-0.1, -0.05) is 6.07 Å². The second kappa shape index (κ2) is 5.69. The van der Waals surface area contributed by atoms with E-state index in [1.165, 1.54) is 0 Å². The maximum atomic E-state index is 13.0. The third-order valence-corrected chi connectivity index (χ3v) is 2.56. The minimum Gasteiger partial charge on any atom is -0.388 e. The quantitative estimate of drug-likeness (QED) is 0.650. The van der Waals surface area contributed by atoms with Crippen LogP contribution in [0, 0.1) is 5.82 Å². The average Bonchev–Trinajstić information content (AvgIpc) is 2.25. The molecule has 17 heavy (non-hydrogen) atoms. The molecule has 0 saturated carbocycles. The van der Waals surface area contributed by atoms with E-state index in [1.54, 1.807) is 0 Å². The molecule has 96 valence electrons. The molecule has 6 heteroatoms. The van der Waals surface area contributed by atoms with Gasteiger partial charge in [-0.3, -0.25) is 0 Å². The van der Waals surface area contributed by atoms with Gasteiger partial charge in [0.25, 0.3) is 0 Å². The fourth-order valence-electron chi connectivity index (χ4n) is 1.40. The average molecular weight is 271 g/mol. The van der Waals surface area contributed by atoms with Gasteiger partial charge in [0.2, 0.25) is 0 Å². The lowest BCUT2D eigenvalue weighted by Gasteiger charge is -2.13. The fourth-order valence-corrected chi connectivity index (χ4v) is 1.56. The number of hydrogen-bond donors (Lipinski definition) is 1. The van der Waals surface area contributed by atoms with E-state index in [0.717, 1.165) is 6.07 Å². The predicted octanol–water partition coefficient (Wildman–Crippen LogP) is 3.90. The summed E-state index contributed by atoms with van der Waals surface area (Å²) >= 11 is 5.41. The van der Waals surface area contributed by atoms with Gasteiger partial charge < -0.3 is 5.11 Å². The lowest BCUT2D eigenvalue weighted by molar-refractivity contribution is -0.140. The SMILES string of the molecule is OC(CCCCl)c1ccc(F)c(C(F)(F)F)c1. The monoisotopic (exact) mass is 270 g/mol. The molecule has 0 radical (unpaired) electrons. The molecular formula is C11H11ClF4O. The summed E-state index contributed by atoms with van der Waals surface area (Å²) < 4.78 is 50.2. The summed E-state index contributed by atoms with van der Waals surface area (Å²) in [6.07, 6.45) is -5.10. The van der Waals surface area contributed by atoms with E-state index >= 15 is 0 Å². The lowest BCUT2D eigenvalue weighted by atomic mass is 10.0. The first-order valence-corrected chi connectivity index (χ1v) is 5.50. The third-order valence-electron chi connectivity index (χ3n) is 2.29. The predicted molar refractivity (Wildman–Crippen MR) is 56.3 cm³/mol. The molecule has 1 aromatic rings. The number of alkyl halides is 4. The van der Waals surface area contributed by atoms with Crippen LogP contribution >= 0.6 is 11.6 Å². The molecule has 0 saturated heterocycles. The molecule has 1 atom stereocenters. The summed E-state index contributed by atoms with van der Waals surface area (Å²) in [5, 5.41) is 9.58. The summed E-state index contributed by atoms with van der Waals surface area (Å²) in [5.74, 6) is -1.03. The minimum atomic E-state index is -4.76. The Hall–Kier alpha value is -0.810. The van der Waals surface area contributed by atoms with Gasteiger partial charge in [0.1, 0.15) is 5.82 Å². The highest BCUT2D eigenvalue weighted by molar-refractivity contribution is 6.17. The van der Waals surface area contributed by atoms with Crippen molar-refractivity contribution in [2.24, 2.45) is 0 Å². The van der Waals surface area contributed by atoms with Crippen LogP contribution in [0.2, 0.25) is 0 Å². The van der Waals surface area contributed by atoms with E-state index < -0.39 is 23.7 Å². The number of rotatable bonds is 4. The normalized spacial score (nSPS) is 13.8.